The molecule has 2 amide bonds. The quantitative estimate of drug-likeness (QED) is 0.216. The number of aryl methyl sites for hydroxylation is 3. The van der Waals surface area contributed by atoms with E-state index in [1.165, 1.54) is 0 Å². The highest BCUT2D eigenvalue weighted by Crippen LogP contribution is 2.22. The number of hydroxylamine groups is 2. The summed E-state index contributed by atoms with van der Waals surface area (Å²) in [6.07, 6.45) is 9.10. The molecule has 226 valence electrons. The number of fused-ring (bicyclic) bond motifs is 1. The lowest BCUT2D eigenvalue weighted by Gasteiger charge is -2.18. The summed E-state index contributed by atoms with van der Waals surface area (Å²) in [4.78, 5) is 45.9. The fraction of sp³-hybridized carbons (Fsp3) is 0.419. The maximum atomic E-state index is 12.9. The van der Waals surface area contributed by atoms with Crippen molar-refractivity contribution in [1.82, 2.24) is 29.4 Å². The molecule has 4 aromatic rings. The van der Waals surface area contributed by atoms with Crippen molar-refractivity contribution in [1.29, 1.82) is 0 Å². The first-order valence-electron chi connectivity index (χ1n) is 14.8. The van der Waals surface area contributed by atoms with Gasteiger partial charge in [0.2, 0.25) is 0 Å². The number of hydrogen-bond donors (Lipinski definition) is 2. The van der Waals surface area contributed by atoms with Gasteiger partial charge in [-0.3, -0.25) is 14.3 Å². The van der Waals surface area contributed by atoms with Crippen LogP contribution in [0.15, 0.2) is 48.8 Å². The number of carbonyl (C=O) groups excluding carboxylic acids is 3. The Kier molecular flexibility index (Phi) is 9.45. The van der Waals surface area contributed by atoms with E-state index in [1.54, 1.807) is 6.07 Å². The number of aromatic nitrogens is 5. The van der Waals surface area contributed by atoms with E-state index in [0.29, 0.717) is 29.7 Å². The Morgan fingerprint density at radius 2 is 1.79 bits per heavy atom. The van der Waals surface area contributed by atoms with Gasteiger partial charge in [-0.1, -0.05) is 43.0 Å². The Hall–Kier alpha value is -4.58. The van der Waals surface area contributed by atoms with Gasteiger partial charge in [0, 0.05) is 54.6 Å². The third-order valence-corrected chi connectivity index (χ3v) is 7.51. The molecule has 1 aliphatic heterocycles. The Morgan fingerprint density at radius 3 is 2.53 bits per heavy atom. The van der Waals surface area contributed by atoms with Crippen LogP contribution < -0.4 is 5.32 Å². The predicted molar refractivity (Wildman–Crippen MR) is 159 cm³/mol. The smallest absolute Gasteiger partial charge is 0.332 e. The van der Waals surface area contributed by atoms with Crippen LogP contribution in [0.3, 0.4) is 0 Å². The van der Waals surface area contributed by atoms with Crippen LogP contribution in [0.1, 0.15) is 79.5 Å². The molecular formula is C31H37N7O5. The second kappa shape index (κ2) is 13.6. The van der Waals surface area contributed by atoms with Gasteiger partial charge in [0.15, 0.2) is 6.23 Å². The van der Waals surface area contributed by atoms with Crippen LogP contribution >= 0.6 is 0 Å². The normalized spacial score (nSPS) is 14.9. The van der Waals surface area contributed by atoms with E-state index >= 15 is 0 Å². The van der Waals surface area contributed by atoms with Crippen molar-refractivity contribution in [3.8, 4) is 11.3 Å². The first kappa shape index (κ1) is 29.9. The maximum absolute atomic E-state index is 12.9. The third-order valence-electron chi connectivity index (χ3n) is 7.51. The SMILES string of the molecule is Cc1cc(C)n2ccc(C(=O)Nc3ccc(-c4cn(CCCCCCCCC(=O)ON5C(=O)CCC5O)nn4)cc3)c2n1. The van der Waals surface area contributed by atoms with Gasteiger partial charge >= 0.3 is 5.97 Å². The fourth-order valence-corrected chi connectivity index (χ4v) is 5.20. The first-order valence-corrected chi connectivity index (χ1v) is 14.8. The van der Waals surface area contributed by atoms with E-state index in [4.69, 9.17) is 4.84 Å². The number of nitrogens with zero attached hydrogens (tertiary/aromatic N) is 6. The predicted octanol–water partition coefficient (Wildman–Crippen LogP) is 4.59. The highest BCUT2D eigenvalue weighted by Gasteiger charge is 2.32. The minimum absolute atomic E-state index is 0.199. The lowest BCUT2D eigenvalue weighted by Crippen LogP contribution is -2.35. The van der Waals surface area contributed by atoms with Crippen molar-refractivity contribution in [2.45, 2.75) is 84.4 Å². The molecule has 0 bridgehead atoms. The molecule has 0 saturated carbocycles. The van der Waals surface area contributed by atoms with Gasteiger partial charge < -0.3 is 19.7 Å². The van der Waals surface area contributed by atoms with Gasteiger partial charge in [-0.2, -0.15) is 0 Å². The lowest BCUT2D eigenvalue weighted by molar-refractivity contribution is -0.220. The van der Waals surface area contributed by atoms with E-state index in [1.807, 2.05) is 65.7 Å². The summed E-state index contributed by atoms with van der Waals surface area (Å²) < 4.78 is 3.75. The van der Waals surface area contributed by atoms with Crippen molar-refractivity contribution < 1.29 is 24.3 Å². The van der Waals surface area contributed by atoms with Gasteiger partial charge in [0.1, 0.15) is 11.3 Å². The van der Waals surface area contributed by atoms with Gasteiger partial charge in [0.25, 0.3) is 11.8 Å². The molecule has 1 aromatic carbocycles. The van der Waals surface area contributed by atoms with Gasteiger partial charge in [0.05, 0.1) is 11.8 Å². The molecule has 1 aliphatic rings. The molecular weight excluding hydrogens is 550 g/mol. The number of rotatable bonds is 13. The highest BCUT2D eigenvalue weighted by atomic mass is 16.7. The molecule has 2 N–H and O–H groups in total. The summed E-state index contributed by atoms with van der Waals surface area (Å²) in [6.45, 7) is 4.66. The summed E-state index contributed by atoms with van der Waals surface area (Å²) in [5.74, 6) is -1.05. The Labute approximate surface area is 249 Å². The van der Waals surface area contributed by atoms with Crippen molar-refractivity contribution >= 4 is 29.1 Å². The zero-order valence-electron chi connectivity index (χ0n) is 24.5. The van der Waals surface area contributed by atoms with E-state index in [-0.39, 0.29) is 24.7 Å². The van der Waals surface area contributed by atoms with Crippen LogP contribution in [0.5, 0.6) is 0 Å². The van der Waals surface area contributed by atoms with Crippen LogP contribution in [0.2, 0.25) is 0 Å². The second-order valence-corrected chi connectivity index (χ2v) is 10.9. The van der Waals surface area contributed by atoms with Gasteiger partial charge in [-0.15, -0.1) is 10.2 Å². The molecule has 5 rings (SSSR count). The number of nitrogens with one attached hydrogen (secondary N) is 1. The molecule has 43 heavy (non-hydrogen) atoms. The molecule has 0 aliphatic carbocycles. The summed E-state index contributed by atoms with van der Waals surface area (Å²) in [5, 5.41) is 21.9. The maximum Gasteiger partial charge on any atom is 0.332 e. The number of hydrogen-bond acceptors (Lipinski definition) is 8. The molecule has 1 fully saturated rings. The first-order chi connectivity index (χ1) is 20.8. The lowest BCUT2D eigenvalue weighted by atomic mass is 10.1. The van der Waals surface area contributed by atoms with E-state index in [9.17, 15) is 19.5 Å². The minimum Gasteiger partial charge on any atom is -0.370 e. The topological polar surface area (TPSA) is 144 Å². The van der Waals surface area contributed by atoms with E-state index < -0.39 is 12.2 Å². The number of aliphatic hydroxyl groups excluding tert-OH is 1. The van der Waals surface area contributed by atoms with E-state index in [2.05, 4.69) is 20.6 Å². The Balaban J connectivity index is 1.00. The van der Waals surface area contributed by atoms with Crippen molar-refractivity contribution in [3.63, 3.8) is 0 Å². The number of aliphatic hydroxyl groups is 1. The molecule has 0 spiro atoms. The third kappa shape index (κ3) is 7.44. The largest absolute Gasteiger partial charge is 0.370 e. The molecule has 12 heteroatoms. The minimum atomic E-state index is -1.03. The number of anilines is 1. The monoisotopic (exact) mass is 587 g/mol. The zero-order valence-corrected chi connectivity index (χ0v) is 24.5. The second-order valence-electron chi connectivity index (χ2n) is 10.9. The Bertz CT molecular complexity index is 1590. The average molecular weight is 588 g/mol. The number of unbranched alkanes of at least 4 members (excludes halogenated alkanes) is 5. The molecule has 1 atom stereocenters. The number of benzene rings is 1. The molecule has 4 heterocycles. The Morgan fingerprint density at radius 1 is 1.05 bits per heavy atom. The molecule has 3 aromatic heterocycles. The molecule has 0 radical (unpaired) electrons. The van der Waals surface area contributed by atoms with Crippen molar-refractivity contribution in [3.05, 3.63) is 65.7 Å². The van der Waals surface area contributed by atoms with Crippen LogP contribution in [-0.2, 0) is 21.0 Å². The summed E-state index contributed by atoms with van der Waals surface area (Å²) in [7, 11) is 0. The highest BCUT2D eigenvalue weighted by molar-refractivity contribution is 6.08. The van der Waals surface area contributed by atoms with Gasteiger partial charge in [-0.25, -0.2) is 9.78 Å². The standard InChI is InChI=1S/C31H37N7O5/c1-21-19-22(2)37-18-16-25(30(37)32-21)31(42)33-24-12-10-23(11-13-24)26-20-36(35-34-26)17-8-6-4-3-5-7-9-29(41)43-38-27(39)14-15-28(38)40/h10-13,16,18-20,27,39H,3-9,14-15,17H2,1-2H3,(H,33,42). The van der Waals surface area contributed by atoms with Crippen LogP contribution in [-0.4, -0.2) is 58.6 Å². The molecule has 1 saturated heterocycles. The number of amides is 2. The van der Waals surface area contributed by atoms with E-state index in [0.717, 1.165) is 66.4 Å². The number of carbonyl (C=O) groups is 3. The summed E-state index contributed by atoms with van der Waals surface area (Å²) in [5.41, 5.74) is 5.41. The van der Waals surface area contributed by atoms with Crippen LogP contribution in [0.25, 0.3) is 16.9 Å². The summed E-state index contributed by atoms with van der Waals surface area (Å²) in [6, 6.07) is 11.3. The fourth-order valence-electron chi connectivity index (χ4n) is 5.20. The van der Waals surface area contributed by atoms with Crippen molar-refractivity contribution in [2.24, 2.45) is 0 Å². The average Bonchev–Trinajstić information content (AvgIpc) is 3.71. The summed E-state index contributed by atoms with van der Waals surface area (Å²) >= 11 is 0. The van der Waals surface area contributed by atoms with Crippen molar-refractivity contribution in [2.75, 3.05) is 5.32 Å². The molecule has 12 nitrogen and oxygen atoms in total. The zero-order chi connectivity index (χ0) is 30.3. The van der Waals surface area contributed by atoms with Gasteiger partial charge in [-0.05, 0) is 51.0 Å². The molecule has 1 unspecified atom stereocenters. The van der Waals surface area contributed by atoms with Crippen LogP contribution in [0.4, 0.5) is 5.69 Å². The van der Waals surface area contributed by atoms with Crippen LogP contribution in [0, 0.1) is 13.8 Å².